The first-order valence-corrected chi connectivity index (χ1v) is 8.18. The Morgan fingerprint density at radius 3 is 2.79 bits per heavy atom. The maximum atomic E-state index is 12.2. The molecule has 0 amide bonds. The lowest BCUT2D eigenvalue weighted by Crippen LogP contribution is -2.34. The van der Waals surface area contributed by atoms with Crippen LogP contribution in [0.5, 0.6) is 0 Å². The van der Waals surface area contributed by atoms with Crippen LogP contribution in [0.2, 0.25) is 0 Å². The van der Waals surface area contributed by atoms with Gasteiger partial charge in [0.15, 0.2) is 0 Å². The third kappa shape index (κ3) is 3.23. The van der Waals surface area contributed by atoms with E-state index in [-0.39, 0.29) is 17.6 Å². The Morgan fingerprint density at radius 2 is 2.08 bits per heavy atom. The predicted molar refractivity (Wildman–Crippen MR) is 94.2 cm³/mol. The molecule has 0 saturated carbocycles. The zero-order chi connectivity index (χ0) is 17.3. The summed E-state index contributed by atoms with van der Waals surface area (Å²) in [7, 11) is 0. The molecule has 0 aliphatic carbocycles. The number of aromatic nitrogens is 4. The molecular formula is C18H23N5O. The molecule has 0 radical (unpaired) electrons. The van der Waals surface area contributed by atoms with Gasteiger partial charge in [0.1, 0.15) is 5.65 Å². The predicted octanol–water partition coefficient (Wildman–Crippen LogP) is 2.25. The van der Waals surface area contributed by atoms with Crippen molar-refractivity contribution in [2.75, 3.05) is 0 Å². The highest BCUT2D eigenvalue weighted by Crippen LogP contribution is 2.11. The fourth-order valence-corrected chi connectivity index (χ4v) is 2.72. The van der Waals surface area contributed by atoms with Crippen LogP contribution in [-0.2, 0) is 6.54 Å². The van der Waals surface area contributed by atoms with Gasteiger partial charge in [-0.3, -0.25) is 13.9 Å². The van der Waals surface area contributed by atoms with Crippen molar-refractivity contribution in [1.82, 2.24) is 24.5 Å². The van der Waals surface area contributed by atoms with Gasteiger partial charge in [-0.15, -0.1) is 0 Å². The van der Waals surface area contributed by atoms with E-state index >= 15 is 0 Å². The Labute approximate surface area is 141 Å². The van der Waals surface area contributed by atoms with Crippen molar-refractivity contribution in [3.05, 3.63) is 64.0 Å². The normalized spacial score (nSPS) is 14.0. The third-order valence-corrected chi connectivity index (χ3v) is 4.42. The number of rotatable bonds is 5. The van der Waals surface area contributed by atoms with Crippen molar-refractivity contribution in [2.24, 2.45) is 0 Å². The Bertz CT molecular complexity index is 911. The molecule has 24 heavy (non-hydrogen) atoms. The first kappa shape index (κ1) is 16.4. The molecule has 2 unspecified atom stereocenters. The number of nitrogens with one attached hydrogen (secondary N) is 1. The van der Waals surface area contributed by atoms with Crippen molar-refractivity contribution < 1.29 is 0 Å². The van der Waals surface area contributed by atoms with E-state index in [0.717, 1.165) is 16.8 Å². The summed E-state index contributed by atoms with van der Waals surface area (Å²) in [4.78, 5) is 16.9. The average molecular weight is 325 g/mol. The summed E-state index contributed by atoms with van der Waals surface area (Å²) in [6.45, 7) is 8.77. The summed E-state index contributed by atoms with van der Waals surface area (Å²) in [5, 5.41) is 7.81. The molecule has 3 rings (SSSR count). The Hall–Kier alpha value is -2.47. The molecular weight excluding hydrogens is 302 g/mol. The molecule has 3 aromatic heterocycles. The van der Waals surface area contributed by atoms with Crippen molar-refractivity contribution in [1.29, 1.82) is 0 Å². The summed E-state index contributed by atoms with van der Waals surface area (Å²) < 4.78 is 3.54. The molecule has 0 aliphatic heterocycles. The summed E-state index contributed by atoms with van der Waals surface area (Å²) in [5.41, 5.74) is 3.55. The Balaban J connectivity index is 1.76. The topological polar surface area (TPSA) is 64.2 Å². The van der Waals surface area contributed by atoms with Crippen molar-refractivity contribution in [3.8, 4) is 0 Å². The molecule has 126 valence electrons. The number of hydrogen-bond acceptors (Lipinski definition) is 4. The molecule has 1 N–H and O–H groups in total. The largest absolute Gasteiger partial charge is 0.307 e. The lowest BCUT2D eigenvalue weighted by molar-refractivity contribution is 0.363. The van der Waals surface area contributed by atoms with Crippen molar-refractivity contribution in [3.63, 3.8) is 0 Å². The molecule has 2 atom stereocenters. The Kier molecular flexibility index (Phi) is 4.49. The maximum absolute atomic E-state index is 12.2. The summed E-state index contributed by atoms with van der Waals surface area (Å²) >= 11 is 0. The molecule has 0 aliphatic rings. The fraction of sp³-hybridized carbons (Fsp3) is 0.389. The fourth-order valence-electron chi connectivity index (χ4n) is 2.72. The monoisotopic (exact) mass is 325 g/mol. The highest BCUT2D eigenvalue weighted by Gasteiger charge is 2.15. The van der Waals surface area contributed by atoms with Crippen LogP contribution in [0.3, 0.4) is 0 Å². The minimum absolute atomic E-state index is 0.0519. The third-order valence-electron chi connectivity index (χ3n) is 4.42. The second kappa shape index (κ2) is 6.57. The number of fused-ring (bicyclic) bond motifs is 1. The van der Waals surface area contributed by atoms with Crippen LogP contribution in [0.4, 0.5) is 0 Å². The van der Waals surface area contributed by atoms with Crippen LogP contribution in [0.25, 0.3) is 5.65 Å². The van der Waals surface area contributed by atoms with Crippen LogP contribution in [0.1, 0.15) is 36.7 Å². The van der Waals surface area contributed by atoms with E-state index in [2.05, 4.69) is 29.2 Å². The molecule has 0 saturated heterocycles. The summed E-state index contributed by atoms with van der Waals surface area (Å²) in [5.74, 6) is 0. The lowest BCUT2D eigenvalue weighted by Gasteiger charge is -2.21. The van der Waals surface area contributed by atoms with Gasteiger partial charge in [-0.25, -0.2) is 4.98 Å². The molecule has 3 heterocycles. The molecule has 0 aromatic carbocycles. The van der Waals surface area contributed by atoms with E-state index in [1.54, 1.807) is 16.7 Å². The van der Waals surface area contributed by atoms with Crippen molar-refractivity contribution >= 4 is 5.65 Å². The van der Waals surface area contributed by atoms with Gasteiger partial charge in [-0.2, -0.15) is 5.10 Å². The first-order chi connectivity index (χ1) is 11.5. The number of aryl methyl sites for hydroxylation is 2. The van der Waals surface area contributed by atoms with Gasteiger partial charge in [0.05, 0.1) is 17.9 Å². The van der Waals surface area contributed by atoms with Crippen LogP contribution in [-0.4, -0.2) is 25.2 Å². The van der Waals surface area contributed by atoms with E-state index < -0.39 is 0 Å². The minimum Gasteiger partial charge on any atom is -0.307 e. The SMILES string of the molecule is Cc1cnn(C(C)C(C)NCc2cc(=O)n3cccc(C)c3n2)c1. The van der Waals surface area contributed by atoms with Gasteiger partial charge in [0.2, 0.25) is 0 Å². The Morgan fingerprint density at radius 1 is 1.29 bits per heavy atom. The maximum Gasteiger partial charge on any atom is 0.258 e. The van der Waals surface area contributed by atoms with Crippen LogP contribution in [0.15, 0.2) is 41.6 Å². The highest BCUT2D eigenvalue weighted by molar-refractivity contribution is 5.46. The van der Waals surface area contributed by atoms with Crippen LogP contribution >= 0.6 is 0 Å². The molecule has 0 fully saturated rings. The standard InChI is InChI=1S/C18H23N5O/c1-12-9-20-23(11-12)15(4)14(3)19-10-16-8-17(24)22-7-5-6-13(2)18(22)21-16/h5-9,11,14-15,19H,10H2,1-4H3. The zero-order valence-electron chi connectivity index (χ0n) is 14.5. The van der Waals surface area contributed by atoms with Crippen LogP contribution in [0, 0.1) is 13.8 Å². The minimum atomic E-state index is -0.0519. The lowest BCUT2D eigenvalue weighted by atomic mass is 10.1. The van der Waals surface area contributed by atoms with Crippen LogP contribution < -0.4 is 10.9 Å². The number of hydrogen-bond donors (Lipinski definition) is 1. The van der Waals surface area contributed by atoms with E-state index in [1.165, 1.54) is 0 Å². The van der Waals surface area contributed by atoms with Gasteiger partial charge in [0.25, 0.3) is 5.56 Å². The van der Waals surface area contributed by atoms with Gasteiger partial charge in [-0.1, -0.05) is 6.07 Å². The smallest absolute Gasteiger partial charge is 0.258 e. The summed E-state index contributed by atoms with van der Waals surface area (Å²) in [6, 6.07) is 5.82. The van der Waals surface area contributed by atoms with Gasteiger partial charge >= 0.3 is 0 Å². The molecule has 0 spiro atoms. The second-order valence-corrected chi connectivity index (χ2v) is 6.38. The van der Waals surface area contributed by atoms with E-state index in [1.807, 2.05) is 43.1 Å². The summed E-state index contributed by atoms with van der Waals surface area (Å²) in [6.07, 6.45) is 5.64. The van der Waals surface area contributed by atoms with E-state index in [9.17, 15) is 4.79 Å². The van der Waals surface area contributed by atoms with E-state index in [4.69, 9.17) is 0 Å². The quantitative estimate of drug-likeness (QED) is 0.781. The molecule has 6 heteroatoms. The number of nitrogens with zero attached hydrogens (tertiary/aromatic N) is 4. The first-order valence-electron chi connectivity index (χ1n) is 8.18. The molecule has 6 nitrogen and oxygen atoms in total. The second-order valence-electron chi connectivity index (χ2n) is 6.38. The average Bonchev–Trinajstić information content (AvgIpc) is 2.99. The van der Waals surface area contributed by atoms with Crippen molar-refractivity contribution in [2.45, 2.75) is 46.3 Å². The van der Waals surface area contributed by atoms with Gasteiger partial charge in [-0.05, 0) is 44.9 Å². The van der Waals surface area contributed by atoms with Gasteiger partial charge in [0, 0.05) is 31.0 Å². The van der Waals surface area contributed by atoms with Gasteiger partial charge < -0.3 is 5.32 Å². The molecule has 0 bridgehead atoms. The molecule has 3 aromatic rings. The zero-order valence-corrected chi connectivity index (χ0v) is 14.5. The number of pyridine rings is 1. The highest BCUT2D eigenvalue weighted by atomic mass is 16.1. The van der Waals surface area contributed by atoms with E-state index in [0.29, 0.717) is 12.2 Å².